The van der Waals surface area contributed by atoms with Gasteiger partial charge in [0.2, 0.25) is 0 Å². The molecule has 2 rings (SSSR count). The van der Waals surface area contributed by atoms with Crippen LogP contribution in [0.5, 0.6) is 0 Å². The lowest BCUT2D eigenvalue weighted by Crippen LogP contribution is -2.06. The molecular weight excluding hydrogens is 244 g/mol. The van der Waals surface area contributed by atoms with Crippen LogP contribution >= 0.6 is 11.6 Å². The van der Waals surface area contributed by atoms with Crippen LogP contribution in [0.25, 0.3) is 0 Å². The summed E-state index contributed by atoms with van der Waals surface area (Å²) in [5, 5.41) is 4.51. The van der Waals surface area contributed by atoms with Gasteiger partial charge in [0.05, 0.1) is 18.7 Å². The first-order chi connectivity index (χ1) is 8.20. The van der Waals surface area contributed by atoms with Gasteiger partial charge in [-0.1, -0.05) is 11.6 Å². The first-order valence-corrected chi connectivity index (χ1v) is 5.14. The number of ether oxygens (including phenoxy) is 1. The fraction of sp³-hybridized carbons (Fsp3) is 0.200. The molecule has 0 N–H and O–H groups in total. The average molecular weight is 253 g/mol. The van der Waals surface area contributed by atoms with Gasteiger partial charge in [0, 0.05) is 12.4 Å². The molecular formula is C10H9ClN4O2. The van der Waals surface area contributed by atoms with Gasteiger partial charge in [0.1, 0.15) is 6.33 Å². The zero-order valence-corrected chi connectivity index (χ0v) is 9.76. The molecule has 2 aromatic heterocycles. The molecule has 0 atom stereocenters. The summed E-state index contributed by atoms with van der Waals surface area (Å²) >= 11 is 5.96. The van der Waals surface area contributed by atoms with E-state index in [-0.39, 0.29) is 5.82 Å². The standard InChI is InChI=1S/C10H9ClN4O2/c1-17-10(16)9-13-6-15(14-9)5-7-2-3-12-4-8(7)11/h2-4,6H,5H2,1H3. The monoisotopic (exact) mass is 252 g/mol. The van der Waals surface area contributed by atoms with Crippen molar-refractivity contribution < 1.29 is 9.53 Å². The van der Waals surface area contributed by atoms with Crippen LogP contribution in [0.1, 0.15) is 16.2 Å². The number of hydrogen-bond acceptors (Lipinski definition) is 5. The molecule has 88 valence electrons. The van der Waals surface area contributed by atoms with Gasteiger partial charge in [-0.2, -0.15) is 0 Å². The van der Waals surface area contributed by atoms with Crippen molar-refractivity contribution in [1.82, 2.24) is 19.7 Å². The largest absolute Gasteiger partial charge is 0.463 e. The van der Waals surface area contributed by atoms with E-state index in [1.807, 2.05) is 0 Å². The lowest BCUT2D eigenvalue weighted by molar-refractivity contribution is 0.0586. The summed E-state index contributed by atoms with van der Waals surface area (Å²) < 4.78 is 6.02. The molecule has 0 aliphatic rings. The number of carbonyl (C=O) groups is 1. The fourth-order valence-corrected chi connectivity index (χ4v) is 1.44. The minimum atomic E-state index is -0.565. The molecule has 0 bridgehead atoms. The first-order valence-electron chi connectivity index (χ1n) is 4.77. The van der Waals surface area contributed by atoms with Crippen molar-refractivity contribution in [2.75, 3.05) is 7.11 Å². The van der Waals surface area contributed by atoms with Crippen LogP contribution in [-0.2, 0) is 11.3 Å². The Morgan fingerprint density at radius 2 is 2.41 bits per heavy atom. The van der Waals surface area contributed by atoms with E-state index in [0.29, 0.717) is 11.6 Å². The molecule has 2 aromatic rings. The highest BCUT2D eigenvalue weighted by Gasteiger charge is 2.11. The molecule has 0 radical (unpaired) electrons. The van der Waals surface area contributed by atoms with E-state index in [1.165, 1.54) is 18.1 Å². The van der Waals surface area contributed by atoms with Crippen molar-refractivity contribution >= 4 is 17.6 Å². The van der Waals surface area contributed by atoms with Crippen LogP contribution in [0.4, 0.5) is 0 Å². The van der Waals surface area contributed by atoms with Crippen molar-refractivity contribution in [2.24, 2.45) is 0 Å². The summed E-state index contributed by atoms with van der Waals surface area (Å²) in [5.74, 6) is -0.540. The van der Waals surface area contributed by atoms with Crippen LogP contribution in [0.2, 0.25) is 5.02 Å². The van der Waals surface area contributed by atoms with Crippen LogP contribution in [0, 0.1) is 0 Å². The predicted octanol–water partition coefficient (Wildman–Crippen LogP) is 1.16. The zero-order valence-electron chi connectivity index (χ0n) is 9.00. The molecule has 0 unspecified atom stereocenters. The number of halogens is 1. The Bertz CT molecular complexity index is 541. The van der Waals surface area contributed by atoms with Crippen LogP contribution in [-0.4, -0.2) is 32.8 Å². The topological polar surface area (TPSA) is 69.9 Å². The molecule has 0 saturated carbocycles. The van der Waals surface area contributed by atoms with Crippen molar-refractivity contribution in [2.45, 2.75) is 6.54 Å². The van der Waals surface area contributed by atoms with Gasteiger partial charge < -0.3 is 4.74 Å². The van der Waals surface area contributed by atoms with Crippen molar-refractivity contribution in [3.63, 3.8) is 0 Å². The Hall–Kier alpha value is -1.95. The molecule has 0 amide bonds. The van der Waals surface area contributed by atoms with Gasteiger partial charge in [0.15, 0.2) is 0 Å². The lowest BCUT2D eigenvalue weighted by atomic mass is 10.3. The molecule has 0 spiro atoms. The Morgan fingerprint density at radius 3 is 3.12 bits per heavy atom. The maximum absolute atomic E-state index is 11.1. The fourth-order valence-electron chi connectivity index (χ4n) is 1.26. The maximum atomic E-state index is 11.1. The number of methoxy groups -OCH3 is 1. The summed E-state index contributed by atoms with van der Waals surface area (Å²) in [5.41, 5.74) is 0.850. The average Bonchev–Trinajstić information content (AvgIpc) is 2.80. The predicted molar refractivity (Wildman–Crippen MR) is 59.7 cm³/mol. The highest BCUT2D eigenvalue weighted by atomic mass is 35.5. The molecule has 0 aliphatic heterocycles. The van der Waals surface area contributed by atoms with E-state index in [0.717, 1.165) is 5.56 Å². The van der Waals surface area contributed by atoms with Gasteiger partial charge in [-0.05, 0) is 11.6 Å². The third-order valence-corrected chi connectivity index (χ3v) is 2.43. The Kier molecular flexibility index (Phi) is 3.34. The minimum Gasteiger partial charge on any atom is -0.463 e. The molecule has 2 heterocycles. The number of esters is 1. The van der Waals surface area contributed by atoms with Gasteiger partial charge in [-0.25, -0.2) is 14.5 Å². The Labute approximate surface area is 102 Å². The molecule has 6 nitrogen and oxygen atoms in total. The van der Waals surface area contributed by atoms with Crippen molar-refractivity contribution in [3.05, 3.63) is 41.2 Å². The van der Waals surface area contributed by atoms with Gasteiger partial charge >= 0.3 is 5.97 Å². The second-order valence-electron chi connectivity index (χ2n) is 3.22. The summed E-state index contributed by atoms with van der Waals surface area (Å²) in [6.45, 7) is 0.422. The summed E-state index contributed by atoms with van der Waals surface area (Å²) in [6, 6.07) is 1.78. The Morgan fingerprint density at radius 1 is 1.59 bits per heavy atom. The summed E-state index contributed by atoms with van der Waals surface area (Å²) in [7, 11) is 1.28. The second kappa shape index (κ2) is 4.92. The molecule has 7 heteroatoms. The Balaban J connectivity index is 2.17. The quantitative estimate of drug-likeness (QED) is 0.767. The van der Waals surface area contributed by atoms with Crippen molar-refractivity contribution in [1.29, 1.82) is 0 Å². The normalized spacial score (nSPS) is 10.2. The summed E-state index contributed by atoms with van der Waals surface area (Å²) in [4.78, 5) is 18.9. The highest BCUT2D eigenvalue weighted by molar-refractivity contribution is 6.31. The first kappa shape index (κ1) is 11.5. The maximum Gasteiger partial charge on any atom is 0.377 e. The van der Waals surface area contributed by atoms with Gasteiger partial charge in [0.25, 0.3) is 5.82 Å². The van der Waals surface area contributed by atoms with E-state index in [2.05, 4.69) is 19.8 Å². The third-order valence-electron chi connectivity index (χ3n) is 2.09. The van der Waals surface area contributed by atoms with Gasteiger partial charge in [-0.15, -0.1) is 5.10 Å². The van der Waals surface area contributed by atoms with E-state index in [4.69, 9.17) is 11.6 Å². The number of carbonyl (C=O) groups excluding carboxylic acids is 1. The van der Waals surface area contributed by atoms with Crippen LogP contribution < -0.4 is 0 Å². The smallest absolute Gasteiger partial charge is 0.377 e. The number of hydrogen-bond donors (Lipinski definition) is 0. The molecule has 0 aliphatic carbocycles. The number of aromatic nitrogens is 4. The highest BCUT2D eigenvalue weighted by Crippen LogP contribution is 2.14. The summed E-state index contributed by atoms with van der Waals surface area (Å²) in [6.07, 6.45) is 4.64. The van der Waals surface area contributed by atoms with Crippen LogP contribution in [0.3, 0.4) is 0 Å². The third kappa shape index (κ3) is 2.59. The second-order valence-corrected chi connectivity index (χ2v) is 3.63. The number of nitrogens with zero attached hydrogens (tertiary/aromatic N) is 4. The lowest BCUT2D eigenvalue weighted by Gasteiger charge is -2.02. The van der Waals surface area contributed by atoms with Crippen LogP contribution in [0.15, 0.2) is 24.8 Å². The SMILES string of the molecule is COC(=O)c1ncn(Cc2ccncc2Cl)n1. The van der Waals surface area contributed by atoms with Gasteiger partial charge in [-0.3, -0.25) is 4.98 Å². The van der Waals surface area contributed by atoms with E-state index >= 15 is 0 Å². The van der Waals surface area contributed by atoms with E-state index in [9.17, 15) is 4.79 Å². The zero-order chi connectivity index (χ0) is 12.3. The number of rotatable bonds is 3. The molecule has 0 saturated heterocycles. The molecule has 17 heavy (non-hydrogen) atoms. The van der Waals surface area contributed by atoms with E-state index < -0.39 is 5.97 Å². The molecule has 0 aromatic carbocycles. The van der Waals surface area contributed by atoms with E-state index in [1.54, 1.807) is 18.5 Å². The number of pyridine rings is 1. The molecule has 0 fully saturated rings. The van der Waals surface area contributed by atoms with Crippen molar-refractivity contribution in [3.8, 4) is 0 Å². The minimum absolute atomic E-state index is 0.0256.